The molecule has 0 saturated heterocycles. The topological polar surface area (TPSA) is 29.1 Å². The van der Waals surface area contributed by atoms with Crippen LogP contribution in [-0.2, 0) is 4.79 Å². The number of carbonyl (C=O) groups excluding carboxylic acids is 1. The molecule has 2 heteroatoms. The monoisotopic (exact) mass is 287 g/mol. The van der Waals surface area contributed by atoms with Crippen molar-refractivity contribution in [3.8, 4) is 0 Å². The Balaban J connectivity index is 1.32. The zero-order chi connectivity index (χ0) is 14.0. The van der Waals surface area contributed by atoms with Crippen molar-refractivity contribution in [3.63, 3.8) is 0 Å². The molecule has 2 nitrogen and oxygen atoms in total. The van der Waals surface area contributed by atoms with Gasteiger partial charge in [0.15, 0.2) is 0 Å². The lowest BCUT2D eigenvalue weighted by Gasteiger charge is -2.56. The summed E-state index contributed by atoms with van der Waals surface area (Å²) in [7, 11) is 0. The van der Waals surface area contributed by atoms with Gasteiger partial charge in [-0.05, 0) is 87.4 Å². The second-order valence-corrected chi connectivity index (χ2v) is 9.29. The zero-order valence-electron chi connectivity index (χ0n) is 13.2. The zero-order valence-corrected chi connectivity index (χ0v) is 13.2. The highest BCUT2D eigenvalue weighted by atomic mass is 16.2. The van der Waals surface area contributed by atoms with Gasteiger partial charge in [0.2, 0.25) is 5.91 Å². The van der Waals surface area contributed by atoms with Crippen LogP contribution in [-0.4, -0.2) is 11.9 Å². The first kappa shape index (κ1) is 13.0. The van der Waals surface area contributed by atoms with Crippen molar-refractivity contribution in [2.75, 3.05) is 0 Å². The molecule has 0 heterocycles. The van der Waals surface area contributed by atoms with Gasteiger partial charge in [0.25, 0.3) is 0 Å². The third-order valence-corrected chi connectivity index (χ3v) is 7.88. The van der Waals surface area contributed by atoms with Crippen LogP contribution in [0.5, 0.6) is 0 Å². The summed E-state index contributed by atoms with van der Waals surface area (Å²) in [4.78, 5) is 13.1. The fraction of sp³-hybridized carbons (Fsp3) is 0.947. The molecule has 0 aromatic rings. The van der Waals surface area contributed by atoms with Crippen LogP contribution in [0.2, 0.25) is 0 Å². The molecule has 116 valence electrons. The van der Waals surface area contributed by atoms with Crippen LogP contribution in [0.1, 0.15) is 70.6 Å². The Kier molecular flexibility index (Phi) is 2.77. The highest BCUT2D eigenvalue weighted by Crippen LogP contribution is 2.60. The van der Waals surface area contributed by atoms with Crippen LogP contribution in [0, 0.1) is 35.0 Å². The second-order valence-electron chi connectivity index (χ2n) is 9.29. The second kappa shape index (κ2) is 4.49. The molecule has 7 saturated carbocycles. The third-order valence-electron chi connectivity index (χ3n) is 7.88. The lowest BCUT2D eigenvalue weighted by molar-refractivity contribution is -0.148. The van der Waals surface area contributed by atoms with Gasteiger partial charge in [-0.1, -0.05) is 12.8 Å². The SMILES string of the molecule is O=C(NC1CC2CCC1CC2)C12CC3CC(CC(C3)C1)C2. The maximum atomic E-state index is 13.1. The smallest absolute Gasteiger partial charge is 0.226 e. The summed E-state index contributed by atoms with van der Waals surface area (Å²) in [6.45, 7) is 0. The quantitative estimate of drug-likeness (QED) is 0.820. The van der Waals surface area contributed by atoms with Crippen molar-refractivity contribution in [2.24, 2.45) is 35.0 Å². The molecular formula is C19H29NO. The maximum absolute atomic E-state index is 13.1. The van der Waals surface area contributed by atoms with Crippen LogP contribution in [0.25, 0.3) is 0 Å². The van der Waals surface area contributed by atoms with Gasteiger partial charge in [-0.15, -0.1) is 0 Å². The fourth-order valence-corrected chi connectivity index (χ4v) is 7.26. The Hall–Kier alpha value is -0.530. The first-order chi connectivity index (χ1) is 10.2. The third kappa shape index (κ3) is 2.00. The van der Waals surface area contributed by atoms with Crippen LogP contribution in [0.3, 0.4) is 0 Å². The number of amides is 1. The van der Waals surface area contributed by atoms with Gasteiger partial charge in [0, 0.05) is 11.5 Å². The summed E-state index contributed by atoms with van der Waals surface area (Å²) in [6, 6.07) is 0.526. The number of rotatable bonds is 2. The van der Waals surface area contributed by atoms with Crippen LogP contribution in [0.4, 0.5) is 0 Å². The van der Waals surface area contributed by atoms with E-state index in [4.69, 9.17) is 0 Å². The standard InChI is InChI=1S/C19H29NO/c21-18(20-17-8-12-1-3-16(17)4-2-12)19-9-13-5-14(10-19)7-15(6-13)11-19/h12-17H,1-11H2,(H,20,21). The number of fused-ring (bicyclic) bond motifs is 3. The lowest BCUT2D eigenvalue weighted by atomic mass is 9.49. The molecule has 0 radical (unpaired) electrons. The van der Waals surface area contributed by atoms with E-state index in [1.807, 2.05) is 0 Å². The van der Waals surface area contributed by atoms with Gasteiger partial charge < -0.3 is 5.32 Å². The summed E-state index contributed by atoms with van der Waals surface area (Å²) in [6.07, 6.45) is 14.8. The molecule has 1 atom stereocenters. The van der Waals surface area contributed by atoms with Crippen LogP contribution in [0.15, 0.2) is 0 Å². The Labute approximate surface area is 128 Å². The molecule has 7 fully saturated rings. The Morgan fingerprint density at radius 3 is 1.81 bits per heavy atom. The minimum atomic E-state index is 0.0610. The number of hydrogen-bond acceptors (Lipinski definition) is 1. The molecule has 7 aliphatic carbocycles. The molecule has 0 spiro atoms. The predicted octanol–water partition coefficient (Wildman–Crippen LogP) is 3.90. The van der Waals surface area contributed by atoms with E-state index >= 15 is 0 Å². The molecule has 1 amide bonds. The first-order valence-electron chi connectivity index (χ1n) is 9.51. The van der Waals surface area contributed by atoms with Crippen molar-refractivity contribution in [1.29, 1.82) is 0 Å². The Morgan fingerprint density at radius 2 is 1.33 bits per heavy atom. The maximum Gasteiger partial charge on any atom is 0.226 e. The van der Waals surface area contributed by atoms with E-state index in [1.165, 1.54) is 70.6 Å². The van der Waals surface area contributed by atoms with Gasteiger partial charge in [0.05, 0.1) is 0 Å². The van der Waals surface area contributed by atoms with Crippen LogP contribution >= 0.6 is 0 Å². The van der Waals surface area contributed by atoms with E-state index < -0.39 is 0 Å². The summed E-state index contributed by atoms with van der Waals surface area (Å²) < 4.78 is 0. The molecule has 6 bridgehead atoms. The summed E-state index contributed by atoms with van der Waals surface area (Å²) in [5.74, 6) is 4.82. The summed E-state index contributed by atoms with van der Waals surface area (Å²) >= 11 is 0. The van der Waals surface area contributed by atoms with Crippen molar-refractivity contribution in [2.45, 2.75) is 76.7 Å². The summed E-state index contributed by atoms with van der Waals surface area (Å²) in [5.41, 5.74) is 0.0610. The number of carbonyl (C=O) groups is 1. The van der Waals surface area contributed by atoms with E-state index in [0.29, 0.717) is 11.9 Å². The molecule has 7 rings (SSSR count). The molecule has 0 aliphatic heterocycles. The minimum Gasteiger partial charge on any atom is -0.353 e. The highest BCUT2D eigenvalue weighted by Gasteiger charge is 2.55. The van der Waals surface area contributed by atoms with Crippen molar-refractivity contribution >= 4 is 5.91 Å². The molecule has 21 heavy (non-hydrogen) atoms. The molecule has 1 N–H and O–H groups in total. The average molecular weight is 287 g/mol. The largest absolute Gasteiger partial charge is 0.353 e. The molecular weight excluding hydrogens is 258 g/mol. The van der Waals surface area contributed by atoms with Gasteiger partial charge in [-0.25, -0.2) is 0 Å². The number of hydrogen-bond donors (Lipinski definition) is 1. The fourth-order valence-electron chi connectivity index (χ4n) is 7.26. The van der Waals surface area contributed by atoms with Gasteiger partial charge in [-0.3, -0.25) is 4.79 Å². The molecule has 0 aromatic carbocycles. The first-order valence-corrected chi connectivity index (χ1v) is 9.51. The van der Waals surface area contributed by atoms with Crippen molar-refractivity contribution < 1.29 is 4.79 Å². The van der Waals surface area contributed by atoms with Gasteiger partial charge in [0.1, 0.15) is 0 Å². The summed E-state index contributed by atoms with van der Waals surface area (Å²) in [5, 5.41) is 3.57. The van der Waals surface area contributed by atoms with Gasteiger partial charge >= 0.3 is 0 Å². The molecule has 1 unspecified atom stereocenters. The Bertz CT molecular complexity index is 413. The predicted molar refractivity (Wildman–Crippen MR) is 82.6 cm³/mol. The lowest BCUT2D eigenvalue weighted by Crippen LogP contribution is -2.57. The van der Waals surface area contributed by atoms with E-state index in [0.717, 1.165) is 29.6 Å². The van der Waals surface area contributed by atoms with E-state index in [1.54, 1.807) is 0 Å². The van der Waals surface area contributed by atoms with E-state index in [9.17, 15) is 4.79 Å². The van der Waals surface area contributed by atoms with Crippen molar-refractivity contribution in [3.05, 3.63) is 0 Å². The highest BCUT2D eigenvalue weighted by molar-refractivity contribution is 5.83. The minimum absolute atomic E-state index is 0.0610. The molecule has 0 aromatic heterocycles. The van der Waals surface area contributed by atoms with Crippen molar-refractivity contribution in [1.82, 2.24) is 5.32 Å². The van der Waals surface area contributed by atoms with Crippen LogP contribution < -0.4 is 5.32 Å². The average Bonchev–Trinajstić information content (AvgIpc) is 2.47. The molecule has 7 aliphatic rings. The van der Waals surface area contributed by atoms with E-state index in [-0.39, 0.29) is 5.41 Å². The Morgan fingerprint density at radius 1 is 0.762 bits per heavy atom. The number of nitrogens with one attached hydrogen (secondary N) is 1. The normalized spacial score (nSPS) is 53.9. The van der Waals surface area contributed by atoms with E-state index in [2.05, 4.69) is 5.32 Å². The van der Waals surface area contributed by atoms with Gasteiger partial charge in [-0.2, -0.15) is 0 Å².